The molecule has 0 radical (unpaired) electrons. The molecule has 0 bridgehead atoms. The summed E-state index contributed by atoms with van der Waals surface area (Å²) < 4.78 is 4.82. The van der Waals surface area contributed by atoms with E-state index in [-0.39, 0.29) is 12.5 Å². The van der Waals surface area contributed by atoms with Crippen LogP contribution >= 0.6 is 0 Å². The molecule has 4 heteroatoms. The van der Waals surface area contributed by atoms with Crippen LogP contribution in [0.1, 0.15) is 78.1 Å². The fourth-order valence-electron chi connectivity index (χ4n) is 3.04. The molecular formula is C17H31NO3. The monoisotopic (exact) mass is 297 g/mol. The van der Waals surface area contributed by atoms with Gasteiger partial charge in [0.05, 0.1) is 12.0 Å². The molecule has 0 spiro atoms. The first-order valence-corrected chi connectivity index (χ1v) is 8.52. The number of ether oxygens (including phenoxy) is 1. The third-order valence-electron chi connectivity index (χ3n) is 4.71. The van der Waals surface area contributed by atoms with E-state index < -0.39 is 11.4 Å². The van der Waals surface area contributed by atoms with Gasteiger partial charge in [-0.25, -0.2) is 0 Å². The molecule has 0 amide bonds. The van der Waals surface area contributed by atoms with Crippen molar-refractivity contribution in [3.8, 4) is 0 Å². The van der Waals surface area contributed by atoms with Gasteiger partial charge in [0.2, 0.25) is 0 Å². The summed E-state index contributed by atoms with van der Waals surface area (Å²) in [5.41, 5.74) is 4.79. The Morgan fingerprint density at radius 1 is 1.10 bits per heavy atom. The molecule has 1 fully saturated rings. The van der Waals surface area contributed by atoms with Crippen molar-refractivity contribution in [2.75, 3.05) is 6.54 Å². The third kappa shape index (κ3) is 5.77. The lowest BCUT2D eigenvalue weighted by Crippen LogP contribution is -2.27. The second-order valence-electron chi connectivity index (χ2n) is 6.45. The Kier molecular flexibility index (Phi) is 7.94. The number of hydrogen-bond donors (Lipinski definition) is 1. The fraction of sp³-hybridized carbons (Fsp3) is 0.882. The van der Waals surface area contributed by atoms with E-state index in [9.17, 15) is 9.59 Å². The van der Waals surface area contributed by atoms with Crippen LogP contribution in [0.4, 0.5) is 0 Å². The van der Waals surface area contributed by atoms with E-state index in [0.29, 0.717) is 5.92 Å². The lowest BCUT2D eigenvalue weighted by Gasteiger charge is -2.14. The van der Waals surface area contributed by atoms with Gasteiger partial charge in [-0.05, 0) is 18.8 Å². The molecule has 1 aliphatic rings. The first-order chi connectivity index (χ1) is 10.1. The van der Waals surface area contributed by atoms with Gasteiger partial charge in [0.15, 0.2) is 0 Å². The van der Waals surface area contributed by atoms with Crippen LogP contribution in [0.5, 0.6) is 0 Å². The Balaban J connectivity index is 2.17. The summed E-state index contributed by atoms with van der Waals surface area (Å²) in [5, 5.41) is 0. The zero-order valence-electron chi connectivity index (χ0n) is 13.7. The zero-order chi connectivity index (χ0) is 15.7. The average molecular weight is 297 g/mol. The molecule has 2 N–H and O–H groups in total. The minimum absolute atomic E-state index is 0.228. The predicted octanol–water partition coefficient (Wildman–Crippen LogP) is 3.57. The van der Waals surface area contributed by atoms with Gasteiger partial charge in [0.1, 0.15) is 0 Å². The summed E-state index contributed by atoms with van der Waals surface area (Å²) in [6.07, 6.45) is 11.7. The summed E-state index contributed by atoms with van der Waals surface area (Å²) >= 11 is 0. The Hall–Kier alpha value is -0.900. The van der Waals surface area contributed by atoms with Gasteiger partial charge >= 0.3 is 11.9 Å². The highest BCUT2D eigenvalue weighted by atomic mass is 16.6. The topological polar surface area (TPSA) is 69.4 Å². The molecule has 0 aromatic carbocycles. The Morgan fingerprint density at radius 3 is 2.10 bits per heavy atom. The highest BCUT2D eigenvalue weighted by Gasteiger charge is 2.58. The van der Waals surface area contributed by atoms with Crippen LogP contribution in [0.3, 0.4) is 0 Å². The lowest BCUT2D eigenvalue weighted by atomic mass is 9.95. The van der Waals surface area contributed by atoms with Crippen molar-refractivity contribution >= 4 is 11.9 Å². The van der Waals surface area contributed by atoms with Crippen LogP contribution in [0.25, 0.3) is 0 Å². The van der Waals surface area contributed by atoms with E-state index in [1.54, 1.807) is 0 Å². The Bertz CT molecular complexity index is 343. The molecule has 122 valence electrons. The van der Waals surface area contributed by atoms with Crippen LogP contribution in [0, 0.1) is 11.3 Å². The highest BCUT2D eigenvalue weighted by Crippen LogP contribution is 2.56. The molecule has 1 saturated carbocycles. The standard InChI is InChI=1S/C17H31NO3/c1-3-4-5-6-7-8-9-10-11-17(12-14(17)2)16(20)21-15(19)13-18/h14H,3-13,18H2,1-2H3. The van der Waals surface area contributed by atoms with E-state index in [0.717, 1.165) is 19.3 Å². The molecule has 0 aromatic rings. The summed E-state index contributed by atoms with van der Waals surface area (Å²) in [6, 6.07) is 0. The van der Waals surface area contributed by atoms with E-state index in [2.05, 4.69) is 13.8 Å². The van der Waals surface area contributed by atoms with Crippen molar-refractivity contribution in [2.24, 2.45) is 17.1 Å². The second-order valence-corrected chi connectivity index (χ2v) is 6.45. The van der Waals surface area contributed by atoms with Crippen molar-refractivity contribution in [2.45, 2.75) is 78.1 Å². The average Bonchev–Trinajstić information content (AvgIpc) is 3.13. The van der Waals surface area contributed by atoms with Gasteiger partial charge in [0.25, 0.3) is 0 Å². The Labute approximate surface area is 128 Å². The van der Waals surface area contributed by atoms with Crippen molar-refractivity contribution < 1.29 is 14.3 Å². The molecule has 0 aromatic heterocycles. The highest BCUT2D eigenvalue weighted by molar-refractivity contribution is 5.91. The molecule has 0 saturated heterocycles. The fourth-order valence-corrected chi connectivity index (χ4v) is 3.04. The smallest absolute Gasteiger partial charge is 0.327 e. The quantitative estimate of drug-likeness (QED) is 0.359. The van der Waals surface area contributed by atoms with Crippen molar-refractivity contribution in [1.82, 2.24) is 0 Å². The number of nitrogens with two attached hydrogens (primary N) is 1. The summed E-state index contributed by atoms with van der Waals surface area (Å²) in [5.74, 6) is -0.636. The molecule has 1 rings (SSSR count). The second kappa shape index (κ2) is 9.19. The van der Waals surface area contributed by atoms with Crippen molar-refractivity contribution in [3.05, 3.63) is 0 Å². The first kappa shape index (κ1) is 18.1. The number of hydrogen-bond acceptors (Lipinski definition) is 4. The maximum atomic E-state index is 12.0. The summed E-state index contributed by atoms with van der Waals surface area (Å²) in [6.45, 7) is 4.05. The van der Waals surface area contributed by atoms with Gasteiger partial charge in [-0.15, -0.1) is 0 Å². The van der Waals surface area contributed by atoms with Crippen LogP contribution in [-0.2, 0) is 14.3 Å². The van der Waals surface area contributed by atoms with Gasteiger partial charge in [0, 0.05) is 0 Å². The summed E-state index contributed by atoms with van der Waals surface area (Å²) in [7, 11) is 0. The van der Waals surface area contributed by atoms with Gasteiger partial charge in [-0.1, -0.05) is 65.2 Å². The number of unbranched alkanes of at least 4 members (excludes halogenated alkanes) is 7. The maximum Gasteiger partial charge on any atom is 0.327 e. The number of carbonyl (C=O) groups is 2. The largest absolute Gasteiger partial charge is 0.392 e. The van der Waals surface area contributed by atoms with E-state index in [1.165, 1.54) is 44.9 Å². The molecule has 2 atom stereocenters. The third-order valence-corrected chi connectivity index (χ3v) is 4.71. The number of esters is 2. The lowest BCUT2D eigenvalue weighted by molar-refractivity contribution is -0.163. The van der Waals surface area contributed by atoms with Crippen LogP contribution in [0.15, 0.2) is 0 Å². The molecule has 1 aliphatic carbocycles. The van der Waals surface area contributed by atoms with Gasteiger partial charge < -0.3 is 10.5 Å². The SMILES string of the molecule is CCCCCCCCCCC1(C(=O)OC(=O)CN)CC1C. The van der Waals surface area contributed by atoms with Crippen molar-refractivity contribution in [3.63, 3.8) is 0 Å². The predicted molar refractivity (Wildman–Crippen MR) is 83.6 cm³/mol. The van der Waals surface area contributed by atoms with Crippen LogP contribution < -0.4 is 5.73 Å². The number of carbonyl (C=O) groups excluding carboxylic acids is 2. The van der Waals surface area contributed by atoms with Crippen LogP contribution in [-0.4, -0.2) is 18.5 Å². The molecule has 21 heavy (non-hydrogen) atoms. The number of rotatable bonds is 11. The van der Waals surface area contributed by atoms with Gasteiger partial charge in [-0.3, -0.25) is 9.59 Å². The molecular weight excluding hydrogens is 266 g/mol. The molecule has 0 aliphatic heterocycles. The minimum Gasteiger partial charge on any atom is -0.392 e. The van der Waals surface area contributed by atoms with E-state index >= 15 is 0 Å². The van der Waals surface area contributed by atoms with Crippen LogP contribution in [0.2, 0.25) is 0 Å². The van der Waals surface area contributed by atoms with E-state index in [1.807, 2.05) is 0 Å². The van der Waals surface area contributed by atoms with Crippen molar-refractivity contribution in [1.29, 1.82) is 0 Å². The minimum atomic E-state index is -0.616. The molecule has 4 nitrogen and oxygen atoms in total. The zero-order valence-corrected chi connectivity index (χ0v) is 13.7. The molecule has 0 heterocycles. The van der Waals surface area contributed by atoms with E-state index in [4.69, 9.17) is 10.5 Å². The Morgan fingerprint density at radius 2 is 1.62 bits per heavy atom. The first-order valence-electron chi connectivity index (χ1n) is 8.52. The maximum absolute atomic E-state index is 12.0. The van der Waals surface area contributed by atoms with Gasteiger partial charge in [-0.2, -0.15) is 0 Å². The summed E-state index contributed by atoms with van der Waals surface area (Å²) in [4.78, 5) is 23.2. The molecule has 2 unspecified atom stereocenters. The normalized spacial score (nSPS) is 23.9.